The van der Waals surface area contributed by atoms with E-state index in [0.29, 0.717) is 5.69 Å². The van der Waals surface area contributed by atoms with Gasteiger partial charge < -0.3 is 5.11 Å². The Balaban J connectivity index is 2.54. The molecule has 0 aliphatic heterocycles. The minimum absolute atomic E-state index is 0.170. The molecule has 92 valence electrons. The van der Waals surface area contributed by atoms with E-state index in [2.05, 4.69) is 11.1 Å². The Morgan fingerprint density at radius 1 is 1.47 bits per heavy atom. The van der Waals surface area contributed by atoms with Crippen molar-refractivity contribution in [1.82, 2.24) is 4.98 Å². The summed E-state index contributed by atoms with van der Waals surface area (Å²) in [6.45, 7) is -0.170. The van der Waals surface area contributed by atoms with Gasteiger partial charge in [0.05, 0.1) is 17.2 Å². The van der Waals surface area contributed by atoms with Gasteiger partial charge in [0.1, 0.15) is 0 Å². The van der Waals surface area contributed by atoms with Gasteiger partial charge in [0.2, 0.25) is 0 Å². The molecule has 1 aromatic rings. The molecule has 1 aromatic heterocycles. The largest absolute Gasteiger partial charge is 0.390 e. The van der Waals surface area contributed by atoms with Crippen molar-refractivity contribution >= 4 is 15.4 Å². The van der Waals surface area contributed by atoms with Gasteiger partial charge in [-0.25, -0.2) is 8.42 Å². The zero-order chi connectivity index (χ0) is 12.5. The van der Waals surface area contributed by atoms with Crippen LogP contribution in [0.3, 0.4) is 0 Å². The third-order valence-electron chi connectivity index (χ3n) is 2.91. The number of hydrogen-bond donors (Lipinski definition) is 1. The van der Waals surface area contributed by atoms with Crippen molar-refractivity contribution in [3.63, 3.8) is 0 Å². The van der Waals surface area contributed by atoms with Crippen molar-refractivity contribution in [3.8, 4) is 0 Å². The standard InChI is InChI=1S/C12H15NO3S/c1-17(15,16)10-6-11(9-4-2-3-5-9)12(8-14)13-7-10/h4,6-7,14H,2-3,5,8H2,1H3. The summed E-state index contributed by atoms with van der Waals surface area (Å²) >= 11 is 0. The van der Waals surface area contributed by atoms with Gasteiger partial charge in [-0.05, 0) is 30.9 Å². The van der Waals surface area contributed by atoms with Crippen LogP contribution in [0.25, 0.3) is 5.57 Å². The second-order valence-electron chi connectivity index (χ2n) is 4.22. The lowest BCUT2D eigenvalue weighted by atomic mass is 10.0. The maximum atomic E-state index is 11.5. The first-order chi connectivity index (χ1) is 8.02. The van der Waals surface area contributed by atoms with Gasteiger partial charge in [-0.15, -0.1) is 0 Å². The molecule has 0 amide bonds. The molecule has 1 heterocycles. The molecule has 5 heteroatoms. The Morgan fingerprint density at radius 3 is 2.76 bits per heavy atom. The van der Waals surface area contributed by atoms with Gasteiger partial charge in [0, 0.05) is 18.0 Å². The molecule has 0 saturated heterocycles. The van der Waals surface area contributed by atoms with E-state index < -0.39 is 9.84 Å². The summed E-state index contributed by atoms with van der Waals surface area (Å²) in [5.41, 5.74) is 2.41. The summed E-state index contributed by atoms with van der Waals surface area (Å²) in [5.74, 6) is 0. The molecule has 0 saturated carbocycles. The lowest BCUT2D eigenvalue weighted by molar-refractivity contribution is 0.276. The zero-order valence-corrected chi connectivity index (χ0v) is 10.5. The summed E-state index contributed by atoms with van der Waals surface area (Å²) in [5, 5.41) is 9.23. The predicted molar refractivity (Wildman–Crippen MR) is 65.1 cm³/mol. The zero-order valence-electron chi connectivity index (χ0n) is 9.68. The highest BCUT2D eigenvalue weighted by molar-refractivity contribution is 7.90. The number of sulfone groups is 1. The van der Waals surface area contributed by atoms with E-state index in [1.54, 1.807) is 6.07 Å². The summed E-state index contributed by atoms with van der Waals surface area (Å²) in [6.07, 6.45) is 7.55. The van der Waals surface area contributed by atoms with Gasteiger partial charge in [0.25, 0.3) is 0 Å². The Morgan fingerprint density at radius 2 is 2.24 bits per heavy atom. The van der Waals surface area contributed by atoms with Crippen LogP contribution in [0.2, 0.25) is 0 Å². The number of nitrogens with zero attached hydrogens (tertiary/aromatic N) is 1. The van der Waals surface area contributed by atoms with E-state index in [1.807, 2.05) is 0 Å². The number of aromatic nitrogens is 1. The van der Waals surface area contributed by atoms with Crippen molar-refractivity contribution in [2.24, 2.45) is 0 Å². The Kier molecular flexibility index (Phi) is 3.31. The number of pyridine rings is 1. The van der Waals surface area contributed by atoms with Gasteiger partial charge in [-0.2, -0.15) is 0 Å². The van der Waals surface area contributed by atoms with Crippen LogP contribution in [-0.2, 0) is 16.4 Å². The molecule has 0 spiro atoms. The molecule has 2 rings (SSSR count). The quantitative estimate of drug-likeness (QED) is 0.887. The van der Waals surface area contributed by atoms with Gasteiger partial charge >= 0.3 is 0 Å². The molecule has 0 atom stereocenters. The highest BCUT2D eigenvalue weighted by atomic mass is 32.2. The molecule has 17 heavy (non-hydrogen) atoms. The van der Waals surface area contributed by atoms with Crippen LogP contribution in [0.1, 0.15) is 30.5 Å². The third kappa shape index (κ3) is 2.56. The molecule has 0 fully saturated rings. The topological polar surface area (TPSA) is 67.3 Å². The van der Waals surface area contributed by atoms with Crippen LogP contribution in [0.15, 0.2) is 23.2 Å². The van der Waals surface area contributed by atoms with Gasteiger partial charge in [-0.1, -0.05) is 6.08 Å². The maximum absolute atomic E-state index is 11.5. The van der Waals surface area contributed by atoms with Gasteiger partial charge in [0.15, 0.2) is 9.84 Å². The molecule has 0 radical (unpaired) electrons. The second-order valence-corrected chi connectivity index (χ2v) is 6.23. The molecule has 0 unspecified atom stereocenters. The molecule has 0 aromatic carbocycles. The monoisotopic (exact) mass is 253 g/mol. The number of aliphatic hydroxyl groups excluding tert-OH is 1. The van der Waals surface area contributed by atoms with E-state index >= 15 is 0 Å². The minimum atomic E-state index is -3.25. The maximum Gasteiger partial charge on any atom is 0.177 e. The molecule has 4 nitrogen and oxygen atoms in total. The van der Waals surface area contributed by atoms with E-state index in [9.17, 15) is 13.5 Å². The fourth-order valence-corrected chi connectivity index (χ4v) is 2.57. The fourth-order valence-electron chi connectivity index (χ4n) is 2.00. The van der Waals surface area contributed by atoms with Crippen molar-refractivity contribution in [2.75, 3.05) is 6.26 Å². The van der Waals surface area contributed by atoms with Crippen LogP contribution in [0.5, 0.6) is 0 Å². The third-order valence-corrected chi connectivity index (χ3v) is 3.99. The number of rotatable bonds is 3. The molecule has 1 aliphatic rings. The Bertz CT molecular complexity index is 561. The van der Waals surface area contributed by atoms with E-state index in [1.165, 1.54) is 6.20 Å². The average molecular weight is 253 g/mol. The van der Waals surface area contributed by atoms with Crippen LogP contribution in [0.4, 0.5) is 0 Å². The molecular formula is C12H15NO3S. The van der Waals surface area contributed by atoms with E-state index in [4.69, 9.17) is 0 Å². The Hall–Kier alpha value is -1.20. The SMILES string of the molecule is CS(=O)(=O)c1cnc(CO)c(C2=CCCC2)c1. The number of allylic oxidation sites excluding steroid dienone is 2. The van der Waals surface area contributed by atoms with Crippen molar-refractivity contribution in [1.29, 1.82) is 0 Å². The fraction of sp³-hybridized carbons (Fsp3) is 0.417. The first-order valence-electron chi connectivity index (χ1n) is 5.51. The first-order valence-corrected chi connectivity index (χ1v) is 7.41. The van der Waals surface area contributed by atoms with E-state index in [0.717, 1.165) is 36.7 Å². The Labute approximate surface area is 101 Å². The van der Waals surface area contributed by atoms with Crippen LogP contribution < -0.4 is 0 Å². The van der Waals surface area contributed by atoms with Crippen LogP contribution >= 0.6 is 0 Å². The minimum Gasteiger partial charge on any atom is -0.390 e. The lowest BCUT2D eigenvalue weighted by Gasteiger charge is -2.09. The highest BCUT2D eigenvalue weighted by Gasteiger charge is 2.16. The molecular weight excluding hydrogens is 238 g/mol. The van der Waals surface area contributed by atoms with Crippen molar-refractivity contribution in [3.05, 3.63) is 29.6 Å². The summed E-state index contributed by atoms with van der Waals surface area (Å²) < 4.78 is 23.0. The van der Waals surface area contributed by atoms with E-state index in [-0.39, 0.29) is 11.5 Å². The predicted octanol–water partition coefficient (Wildman–Crippen LogP) is 1.54. The lowest BCUT2D eigenvalue weighted by Crippen LogP contribution is -2.03. The second kappa shape index (κ2) is 4.58. The summed E-state index contributed by atoms with van der Waals surface area (Å²) in [7, 11) is -3.25. The average Bonchev–Trinajstić information content (AvgIpc) is 2.80. The molecule has 1 aliphatic carbocycles. The first kappa shape index (κ1) is 12.3. The molecule has 1 N–H and O–H groups in total. The summed E-state index contributed by atoms with van der Waals surface area (Å²) in [6, 6.07) is 1.62. The number of hydrogen-bond acceptors (Lipinski definition) is 4. The smallest absolute Gasteiger partial charge is 0.177 e. The molecule has 0 bridgehead atoms. The van der Waals surface area contributed by atoms with Crippen molar-refractivity contribution in [2.45, 2.75) is 30.8 Å². The summed E-state index contributed by atoms with van der Waals surface area (Å²) in [4.78, 5) is 4.24. The van der Waals surface area contributed by atoms with Crippen molar-refractivity contribution < 1.29 is 13.5 Å². The van der Waals surface area contributed by atoms with Crippen LogP contribution in [0, 0.1) is 0 Å². The van der Waals surface area contributed by atoms with Gasteiger partial charge in [-0.3, -0.25) is 4.98 Å². The number of aliphatic hydroxyl groups is 1. The highest BCUT2D eigenvalue weighted by Crippen LogP contribution is 2.30. The van der Waals surface area contributed by atoms with Crippen LogP contribution in [-0.4, -0.2) is 24.8 Å². The normalized spacial score (nSPS) is 16.0.